The molecule has 26 heavy (non-hydrogen) atoms. The van der Waals surface area contributed by atoms with Gasteiger partial charge in [0, 0.05) is 37.4 Å². The van der Waals surface area contributed by atoms with Gasteiger partial charge in [0.2, 0.25) is 5.91 Å². The number of fused-ring (bicyclic) bond motifs is 1. The largest absolute Gasteiger partial charge is 0.338 e. The summed E-state index contributed by atoms with van der Waals surface area (Å²) in [7, 11) is 0. The third kappa shape index (κ3) is 3.65. The molecule has 0 bridgehead atoms. The molecule has 2 aliphatic heterocycles. The molecule has 0 saturated carbocycles. The van der Waals surface area contributed by atoms with Crippen LogP contribution < -0.4 is 4.90 Å². The molecule has 2 heterocycles. The number of carbonyl (C=O) groups is 1. The average Bonchev–Trinajstić information content (AvgIpc) is 2.69. The summed E-state index contributed by atoms with van der Waals surface area (Å²) in [6.07, 6.45) is 2.76. The van der Waals surface area contributed by atoms with E-state index >= 15 is 0 Å². The van der Waals surface area contributed by atoms with Crippen molar-refractivity contribution in [2.45, 2.75) is 32.4 Å². The van der Waals surface area contributed by atoms with Crippen LogP contribution in [0.3, 0.4) is 0 Å². The van der Waals surface area contributed by atoms with Gasteiger partial charge in [0.1, 0.15) is 12.4 Å². The Kier molecular flexibility index (Phi) is 5.02. The van der Waals surface area contributed by atoms with E-state index in [-0.39, 0.29) is 11.7 Å². The van der Waals surface area contributed by atoms with Crippen LogP contribution in [0.2, 0.25) is 0 Å². The highest BCUT2D eigenvalue weighted by molar-refractivity contribution is 5.79. The van der Waals surface area contributed by atoms with Crippen molar-refractivity contribution in [2.75, 3.05) is 19.6 Å². The topological polar surface area (TPSA) is 24.8 Å². The molecule has 0 atom stereocenters. The highest BCUT2D eigenvalue weighted by Crippen LogP contribution is 2.22. The smallest absolute Gasteiger partial charge is 0.226 e. The fourth-order valence-corrected chi connectivity index (χ4v) is 4.30. The van der Waals surface area contributed by atoms with Crippen LogP contribution in [0, 0.1) is 11.7 Å². The molecule has 1 fully saturated rings. The van der Waals surface area contributed by atoms with Crippen molar-refractivity contribution in [1.29, 1.82) is 0 Å². The minimum absolute atomic E-state index is 0.120. The number of amides is 1. The summed E-state index contributed by atoms with van der Waals surface area (Å²) in [5.41, 5.74) is 3.44. The molecule has 2 aromatic rings. The highest BCUT2D eigenvalue weighted by atomic mass is 19.1. The third-order valence-electron chi connectivity index (χ3n) is 5.88. The lowest BCUT2D eigenvalue weighted by Gasteiger charge is -2.34. The van der Waals surface area contributed by atoms with E-state index in [0.717, 1.165) is 51.0 Å². The van der Waals surface area contributed by atoms with E-state index in [4.69, 9.17) is 0 Å². The van der Waals surface area contributed by atoms with Crippen LogP contribution >= 0.6 is 0 Å². The lowest BCUT2D eigenvalue weighted by Crippen LogP contribution is -3.11. The molecule has 0 radical (unpaired) electrons. The summed E-state index contributed by atoms with van der Waals surface area (Å²) in [5.74, 6) is 0.319. The molecule has 1 N–H and O–H groups in total. The van der Waals surface area contributed by atoms with Crippen LogP contribution in [-0.4, -0.2) is 30.4 Å². The number of quaternary nitrogens is 1. The zero-order chi connectivity index (χ0) is 17.9. The summed E-state index contributed by atoms with van der Waals surface area (Å²) in [4.78, 5) is 16.4. The van der Waals surface area contributed by atoms with Crippen LogP contribution in [0.15, 0.2) is 48.5 Å². The Labute approximate surface area is 154 Å². The van der Waals surface area contributed by atoms with E-state index in [1.54, 1.807) is 6.07 Å². The van der Waals surface area contributed by atoms with Crippen LogP contribution in [0.1, 0.15) is 29.5 Å². The molecular weight excluding hydrogens is 327 g/mol. The Morgan fingerprint density at radius 2 is 1.73 bits per heavy atom. The third-order valence-corrected chi connectivity index (χ3v) is 5.88. The van der Waals surface area contributed by atoms with Crippen molar-refractivity contribution in [3.05, 3.63) is 71.0 Å². The quantitative estimate of drug-likeness (QED) is 0.899. The zero-order valence-corrected chi connectivity index (χ0v) is 15.1. The highest BCUT2D eigenvalue weighted by Gasteiger charge is 2.32. The predicted molar refractivity (Wildman–Crippen MR) is 99.1 cm³/mol. The van der Waals surface area contributed by atoms with Crippen LogP contribution in [0.25, 0.3) is 0 Å². The van der Waals surface area contributed by atoms with Gasteiger partial charge in [0.15, 0.2) is 0 Å². The Morgan fingerprint density at radius 1 is 1.04 bits per heavy atom. The number of hydrogen-bond donors (Lipinski definition) is 1. The number of rotatable bonds is 3. The van der Waals surface area contributed by atoms with E-state index in [1.807, 2.05) is 17.0 Å². The molecule has 2 aliphatic rings. The number of nitrogens with zero attached hydrogens (tertiary/aromatic N) is 1. The molecular formula is C22H26FN2O+. The van der Waals surface area contributed by atoms with Crippen molar-refractivity contribution in [3.63, 3.8) is 0 Å². The SMILES string of the molecule is O=C(C1CC[NH+](Cc2ccccc2F)CC1)N1CCc2ccccc2C1. The molecule has 2 aromatic carbocycles. The Hall–Kier alpha value is -2.20. The number of halogens is 1. The summed E-state index contributed by atoms with van der Waals surface area (Å²) >= 11 is 0. The van der Waals surface area contributed by atoms with Crippen molar-refractivity contribution < 1.29 is 14.1 Å². The van der Waals surface area contributed by atoms with Crippen molar-refractivity contribution in [1.82, 2.24) is 4.90 Å². The van der Waals surface area contributed by atoms with Gasteiger partial charge in [-0.3, -0.25) is 4.79 Å². The summed E-state index contributed by atoms with van der Waals surface area (Å²) in [6.45, 7) is 4.17. The first-order chi connectivity index (χ1) is 12.7. The second-order valence-electron chi connectivity index (χ2n) is 7.57. The van der Waals surface area contributed by atoms with E-state index in [2.05, 4.69) is 24.3 Å². The van der Waals surface area contributed by atoms with Gasteiger partial charge in [-0.05, 0) is 23.6 Å². The molecule has 0 spiro atoms. The van der Waals surface area contributed by atoms with Gasteiger partial charge in [-0.25, -0.2) is 4.39 Å². The first kappa shape index (κ1) is 17.2. The van der Waals surface area contributed by atoms with Gasteiger partial charge in [-0.2, -0.15) is 0 Å². The molecule has 136 valence electrons. The number of hydrogen-bond acceptors (Lipinski definition) is 1. The summed E-state index contributed by atoms with van der Waals surface area (Å²) in [6, 6.07) is 15.4. The number of nitrogens with one attached hydrogen (secondary N) is 1. The summed E-state index contributed by atoms with van der Waals surface area (Å²) in [5, 5.41) is 0. The van der Waals surface area contributed by atoms with Gasteiger partial charge in [0.05, 0.1) is 13.1 Å². The average molecular weight is 353 g/mol. The van der Waals surface area contributed by atoms with Gasteiger partial charge >= 0.3 is 0 Å². The lowest BCUT2D eigenvalue weighted by molar-refractivity contribution is -0.919. The van der Waals surface area contributed by atoms with Gasteiger partial charge < -0.3 is 9.80 Å². The van der Waals surface area contributed by atoms with Crippen molar-refractivity contribution >= 4 is 5.91 Å². The van der Waals surface area contributed by atoms with Gasteiger partial charge in [0.25, 0.3) is 0 Å². The van der Waals surface area contributed by atoms with Gasteiger partial charge in [-0.15, -0.1) is 0 Å². The second-order valence-corrected chi connectivity index (χ2v) is 7.57. The number of benzene rings is 2. The van der Waals surface area contributed by atoms with Crippen LogP contribution in [-0.2, 0) is 24.3 Å². The number of likely N-dealkylation sites (tertiary alicyclic amines) is 1. The monoisotopic (exact) mass is 353 g/mol. The van der Waals surface area contributed by atoms with Gasteiger partial charge in [-0.1, -0.05) is 42.5 Å². The molecule has 0 aliphatic carbocycles. The Morgan fingerprint density at radius 3 is 2.50 bits per heavy atom. The number of carbonyl (C=O) groups excluding carboxylic acids is 1. The lowest BCUT2D eigenvalue weighted by atomic mass is 9.93. The number of piperidine rings is 1. The van der Waals surface area contributed by atoms with E-state index in [1.165, 1.54) is 22.1 Å². The standard InChI is InChI=1S/C22H25FN2O/c23-21-8-4-3-7-20(21)15-24-12-9-18(10-13-24)22(26)25-14-11-17-5-1-2-6-19(17)16-25/h1-8,18H,9-16H2/p+1. The molecule has 1 amide bonds. The fraction of sp³-hybridized carbons (Fsp3) is 0.409. The van der Waals surface area contributed by atoms with E-state index in [0.29, 0.717) is 12.5 Å². The first-order valence-electron chi connectivity index (χ1n) is 9.63. The first-order valence-corrected chi connectivity index (χ1v) is 9.63. The molecule has 4 heteroatoms. The molecule has 4 rings (SSSR count). The molecule has 1 saturated heterocycles. The van der Waals surface area contributed by atoms with Crippen LogP contribution in [0.5, 0.6) is 0 Å². The Balaban J connectivity index is 1.32. The van der Waals surface area contributed by atoms with Crippen molar-refractivity contribution in [2.24, 2.45) is 5.92 Å². The maximum Gasteiger partial charge on any atom is 0.226 e. The zero-order valence-electron chi connectivity index (χ0n) is 15.1. The van der Waals surface area contributed by atoms with Crippen molar-refractivity contribution in [3.8, 4) is 0 Å². The molecule has 3 nitrogen and oxygen atoms in total. The normalized spacial score (nSPS) is 22.7. The van der Waals surface area contributed by atoms with E-state index in [9.17, 15) is 9.18 Å². The fourth-order valence-electron chi connectivity index (χ4n) is 4.30. The van der Waals surface area contributed by atoms with Crippen LogP contribution in [0.4, 0.5) is 4.39 Å². The molecule has 0 unspecified atom stereocenters. The van der Waals surface area contributed by atoms with E-state index < -0.39 is 0 Å². The predicted octanol–water partition coefficient (Wildman–Crippen LogP) is 2.21. The molecule has 0 aromatic heterocycles. The second kappa shape index (κ2) is 7.58. The maximum absolute atomic E-state index is 13.8. The Bertz CT molecular complexity index is 783. The minimum atomic E-state index is -0.120. The maximum atomic E-state index is 13.8. The minimum Gasteiger partial charge on any atom is -0.338 e. The summed E-state index contributed by atoms with van der Waals surface area (Å²) < 4.78 is 13.8.